The minimum Gasteiger partial charge on any atom is -0.508 e. The lowest BCUT2D eigenvalue weighted by atomic mass is 10.1. The molecule has 13 heavy (non-hydrogen) atoms. The molecule has 0 amide bonds. The molecule has 0 aliphatic rings. The van der Waals surface area contributed by atoms with E-state index >= 15 is 0 Å². The van der Waals surface area contributed by atoms with Crippen molar-refractivity contribution in [3.63, 3.8) is 0 Å². The first kappa shape index (κ1) is 7.80. The number of benzene rings is 1. The van der Waals surface area contributed by atoms with Gasteiger partial charge in [-0.05, 0) is 18.2 Å². The van der Waals surface area contributed by atoms with E-state index in [1.165, 1.54) is 0 Å². The van der Waals surface area contributed by atoms with Crippen molar-refractivity contribution >= 4 is 17.0 Å². The fraction of sp³-hybridized carbons (Fsp3) is 0. The summed E-state index contributed by atoms with van der Waals surface area (Å²) in [5.41, 5.74) is 1.73. The number of fused-ring (bicyclic) bond motifs is 1. The molecule has 0 aliphatic heterocycles. The minimum atomic E-state index is 0.246. The fourth-order valence-corrected chi connectivity index (χ4v) is 1.36. The van der Waals surface area contributed by atoms with E-state index in [2.05, 4.69) is 11.6 Å². The summed E-state index contributed by atoms with van der Waals surface area (Å²) in [7, 11) is 0. The maximum absolute atomic E-state index is 9.37. The molecular formula is C11H9NO. The van der Waals surface area contributed by atoms with Crippen LogP contribution in [0.25, 0.3) is 17.0 Å². The van der Waals surface area contributed by atoms with Crippen LogP contribution in [0.4, 0.5) is 0 Å². The Bertz CT molecular complexity index is 463. The van der Waals surface area contributed by atoms with Crippen molar-refractivity contribution in [2.45, 2.75) is 0 Å². The molecule has 1 aromatic carbocycles. The molecule has 0 saturated heterocycles. The molecule has 1 N–H and O–H groups in total. The molecule has 0 unspecified atom stereocenters. The van der Waals surface area contributed by atoms with Crippen LogP contribution in [0.1, 0.15) is 5.56 Å². The fourth-order valence-electron chi connectivity index (χ4n) is 1.36. The van der Waals surface area contributed by atoms with Crippen molar-refractivity contribution in [3.05, 3.63) is 42.6 Å². The molecule has 0 fully saturated rings. The largest absolute Gasteiger partial charge is 0.508 e. The number of aromatic hydroxyl groups is 1. The van der Waals surface area contributed by atoms with Gasteiger partial charge in [0.05, 0.1) is 5.52 Å². The molecule has 1 heterocycles. The average Bonchev–Trinajstić information content (AvgIpc) is 2.16. The molecule has 2 aromatic rings. The van der Waals surface area contributed by atoms with Gasteiger partial charge in [0.25, 0.3) is 0 Å². The third kappa shape index (κ3) is 1.26. The molecule has 1 aromatic heterocycles. The smallest absolute Gasteiger partial charge is 0.116 e. The predicted octanol–water partition coefficient (Wildman–Crippen LogP) is 2.58. The normalized spacial score (nSPS) is 10.2. The van der Waals surface area contributed by atoms with Crippen molar-refractivity contribution in [2.75, 3.05) is 0 Å². The second kappa shape index (κ2) is 2.90. The zero-order valence-corrected chi connectivity index (χ0v) is 7.07. The summed E-state index contributed by atoms with van der Waals surface area (Å²) >= 11 is 0. The third-order valence-electron chi connectivity index (χ3n) is 1.94. The van der Waals surface area contributed by atoms with Crippen molar-refractivity contribution in [3.8, 4) is 5.75 Å². The summed E-state index contributed by atoms with van der Waals surface area (Å²) in [4.78, 5) is 4.21. The van der Waals surface area contributed by atoms with Crippen LogP contribution in [0.3, 0.4) is 0 Å². The highest BCUT2D eigenvalue weighted by molar-refractivity contribution is 5.88. The van der Waals surface area contributed by atoms with Crippen molar-refractivity contribution in [1.29, 1.82) is 0 Å². The van der Waals surface area contributed by atoms with Crippen molar-refractivity contribution in [2.24, 2.45) is 0 Å². The number of nitrogens with zero attached hydrogens (tertiary/aromatic N) is 1. The Labute approximate surface area is 76.2 Å². The number of phenolic OH excluding ortho intramolecular Hbond substituents is 1. The van der Waals surface area contributed by atoms with E-state index in [9.17, 15) is 5.11 Å². The third-order valence-corrected chi connectivity index (χ3v) is 1.94. The van der Waals surface area contributed by atoms with Gasteiger partial charge in [0.2, 0.25) is 0 Å². The molecular weight excluding hydrogens is 162 g/mol. The number of aromatic nitrogens is 1. The molecule has 2 heteroatoms. The number of hydrogen-bond donors (Lipinski definition) is 1. The van der Waals surface area contributed by atoms with Gasteiger partial charge in [0.1, 0.15) is 5.75 Å². The van der Waals surface area contributed by atoms with Gasteiger partial charge in [0, 0.05) is 17.1 Å². The molecule has 64 valence electrons. The Morgan fingerprint density at radius 2 is 2.23 bits per heavy atom. The second-order valence-corrected chi connectivity index (χ2v) is 2.81. The van der Waals surface area contributed by atoms with Crippen molar-refractivity contribution < 1.29 is 5.11 Å². The Hall–Kier alpha value is -1.83. The van der Waals surface area contributed by atoms with Crippen LogP contribution in [-0.4, -0.2) is 10.1 Å². The summed E-state index contributed by atoms with van der Waals surface area (Å²) in [6, 6.07) is 7.10. The van der Waals surface area contributed by atoms with Gasteiger partial charge in [0.15, 0.2) is 0 Å². The molecule has 0 aliphatic carbocycles. The van der Waals surface area contributed by atoms with Crippen LogP contribution in [0.2, 0.25) is 0 Å². The molecule has 2 rings (SSSR count). The van der Waals surface area contributed by atoms with Gasteiger partial charge in [-0.1, -0.05) is 18.7 Å². The van der Waals surface area contributed by atoms with Gasteiger partial charge >= 0.3 is 0 Å². The Kier molecular flexibility index (Phi) is 1.74. The standard InChI is InChI=1S/C11H9NO/c1-2-8-6-10(13)7-9-4-3-5-12-11(8)9/h2-7,13H,1H2. The van der Waals surface area contributed by atoms with Gasteiger partial charge in [-0.3, -0.25) is 4.98 Å². The topological polar surface area (TPSA) is 33.1 Å². The molecule has 2 nitrogen and oxygen atoms in total. The van der Waals surface area contributed by atoms with E-state index in [0.29, 0.717) is 0 Å². The first-order valence-corrected chi connectivity index (χ1v) is 4.01. The molecule has 0 radical (unpaired) electrons. The van der Waals surface area contributed by atoms with Crippen LogP contribution < -0.4 is 0 Å². The average molecular weight is 171 g/mol. The SMILES string of the molecule is C=Cc1cc(O)cc2cccnc12. The second-order valence-electron chi connectivity index (χ2n) is 2.81. The molecule has 0 atom stereocenters. The highest BCUT2D eigenvalue weighted by Gasteiger charge is 2.00. The van der Waals surface area contributed by atoms with Crippen molar-refractivity contribution in [1.82, 2.24) is 4.98 Å². The zero-order chi connectivity index (χ0) is 9.26. The quantitative estimate of drug-likeness (QED) is 0.715. The van der Waals surface area contributed by atoms with Crippen LogP contribution >= 0.6 is 0 Å². The highest BCUT2D eigenvalue weighted by Crippen LogP contribution is 2.23. The maximum Gasteiger partial charge on any atom is 0.116 e. The van der Waals surface area contributed by atoms with E-state index in [0.717, 1.165) is 16.5 Å². The van der Waals surface area contributed by atoms with Crippen LogP contribution in [0.5, 0.6) is 5.75 Å². The zero-order valence-electron chi connectivity index (χ0n) is 7.07. The van der Waals surface area contributed by atoms with E-state index in [4.69, 9.17) is 0 Å². The maximum atomic E-state index is 9.37. The summed E-state index contributed by atoms with van der Waals surface area (Å²) in [5.74, 6) is 0.246. The lowest BCUT2D eigenvalue weighted by Gasteiger charge is -2.01. The monoisotopic (exact) mass is 171 g/mol. The summed E-state index contributed by atoms with van der Waals surface area (Å²) in [5, 5.41) is 10.3. The lowest BCUT2D eigenvalue weighted by Crippen LogP contribution is -1.81. The van der Waals surface area contributed by atoms with Crippen LogP contribution in [0, 0.1) is 0 Å². The van der Waals surface area contributed by atoms with Crippen LogP contribution in [0.15, 0.2) is 37.0 Å². The molecule has 0 spiro atoms. The Balaban J connectivity index is 2.89. The first-order valence-electron chi connectivity index (χ1n) is 4.01. The minimum absolute atomic E-state index is 0.246. The van der Waals surface area contributed by atoms with E-state index in [1.807, 2.05) is 12.1 Å². The number of hydrogen-bond acceptors (Lipinski definition) is 2. The van der Waals surface area contributed by atoms with Gasteiger partial charge in [-0.25, -0.2) is 0 Å². The van der Waals surface area contributed by atoms with Gasteiger partial charge in [-0.2, -0.15) is 0 Å². The summed E-state index contributed by atoms with van der Waals surface area (Å²) < 4.78 is 0. The van der Waals surface area contributed by atoms with E-state index in [-0.39, 0.29) is 5.75 Å². The number of rotatable bonds is 1. The summed E-state index contributed by atoms with van der Waals surface area (Å²) in [6.45, 7) is 3.67. The highest BCUT2D eigenvalue weighted by atomic mass is 16.3. The molecule has 0 saturated carbocycles. The number of phenols is 1. The van der Waals surface area contributed by atoms with Gasteiger partial charge in [-0.15, -0.1) is 0 Å². The lowest BCUT2D eigenvalue weighted by molar-refractivity contribution is 0.476. The number of pyridine rings is 1. The van der Waals surface area contributed by atoms with E-state index < -0.39 is 0 Å². The Morgan fingerprint density at radius 3 is 3.00 bits per heavy atom. The van der Waals surface area contributed by atoms with E-state index in [1.54, 1.807) is 24.4 Å². The van der Waals surface area contributed by atoms with Gasteiger partial charge < -0.3 is 5.11 Å². The van der Waals surface area contributed by atoms with Crippen LogP contribution in [-0.2, 0) is 0 Å². The predicted molar refractivity (Wildman–Crippen MR) is 53.5 cm³/mol. The Morgan fingerprint density at radius 1 is 1.38 bits per heavy atom. The molecule has 0 bridgehead atoms. The first-order chi connectivity index (χ1) is 6.31. The summed E-state index contributed by atoms with van der Waals surface area (Å²) in [6.07, 6.45) is 3.42.